The zero-order valence-electron chi connectivity index (χ0n) is 11.0. The van der Waals surface area contributed by atoms with Crippen molar-refractivity contribution in [3.63, 3.8) is 0 Å². The first kappa shape index (κ1) is 13.4. The van der Waals surface area contributed by atoms with Gasteiger partial charge in [0.15, 0.2) is 5.17 Å². The van der Waals surface area contributed by atoms with Gasteiger partial charge in [-0.25, -0.2) is 0 Å². The monoisotopic (exact) mass is 288 g/mol. The fourth-order valence-corrected chi connectivity index (χ4v) is 3.99. The second-order valence-electron chi connectivity index (χ2n) is 5.12. The molecule has 0 spiro atoms. The molecule has 1 saturated carbocycles. The van der Waals surface area contributed by atoms with E-state index in [0.29, 0.717) is 10.7 Å². The first-order chi connectivity index (χ1) is 9.74. The van der Waals surface area contributed by atoms with E-state index in [-0.39, 0.29) is 23.0 Å². The number of amidine groups is 1. The summed E-state index contributed by atoms with van der Waals surface area (Å²) in [6.45, 7) is 0. The molecule has 2 unspecified atom stereocenters. The van der Waals surface area contributed by atoms with Crippen LogP contribution >= 0.6 is 11.8 Å². The lowest BCUT2D eigenvalue weighted by Crippen LogP contribution is -2.46. The number of rotatable bonds is 1. The van der Waals surface area contributed by atoms with E-state index < -0.39 is 0 Å². The van der Waals surface area contributed by atoms with Crippen LogP contribution in [0.1, 0.15) is 36.0 Å². The Morgan fingerprint density at radius 1 is 1.20 bits per heavy atom. The molecule has 2 atom stereocenters. The van der Waals surface area contributed by atoms with E-state index in [1.165, 1.54) is 11.8 Å². The summed E-state index contributed by atoms with van der Waals surface area (Å²) < 4.78 is 0. The fraction of sp³-hybridized carbons (Fsp3) is 0.400. The third kappa shape index (κ3) is 2.77. The van der Waals surface area contributed by atoms with Crippen LogP contribution in [0.5, 0.6) is 0 Å². The van der Waals surface area contributed by atoms with Gasteiger partial charge in [-0.2, -0.15) is 4.99 Å². The van der Waals surface area contributed by atoms with Gasteiger partial charge in [0.1, 0.15) is 0 Å². The second kappa shape index (κ2) is 5.79. The molecule has 2 fully saturated rings. The first-order valence-corrected chi connectivity index (χ1v) is 7.77. The van der Waals surface area contributed by atoms with Crippen LogP contribution in [-0.2, 0) is 4.79 Å². The molecule has 2 amide bonds. The Hall–Kier alpha value is -1.62. The van der Waals surface area contributed by atoms with E-state index in [0.717, 1.165) is 25.7 Å². The molecule has 0 aromatic heterocycles. The summed E-state index contributed by atoms with van der Waals surface area (Å²) >= 11 is 1.54. The van der Waals surface area contributed by atoms with Crippen molar-refractivity contribution in [1.29, 1.82) is 0 Å². The average Bonchev–Trinajstić information content (AvgIpc) is 2.48. The van der Waals surface area contributed by atoms with Crippen molar-refractivity contribution in [3.05, 3.63) is 35.9 Å². The maximum Gasteiger partial charge on any atom is 0.279 e. The van der Waals surface area contributed by atoms with Gasteiger partial charge in [-0.3, -0.25) is 9.59 Å². The van der Waals surface area contributed by atoms with Crippen molar-refractivity contribution < 1.29 is 9.59 Å². The normalized spacial score (nSPS) is 27.8. The predicted molar refractivity (Wildman–Crippen MR) is 79.7 cm³/mol. The zero-order chi connectivity index (χ0) is 13.9. The molecule has 1 saturated heterocycles. The van der Waals surface area contributed by atoms with Crippen molar-refractivity contribution in [2.75, 3.05) is 0 Å². The van der Waals surface area contributed by atoms with Crippen LogP contribution in [0.15, 0.2) is 35.3 Å². The van der Waals surface area contributed by atoms with Crippen LogP contribution in [0.2, 0.25) is 0 Å². The lowest BCUT2D eigenvalue weighted by Gasteiger charge is -2.34. The molecule has 1 aliphatic heterocycles. The van der Waals surface area contributed by atoms with Gasteiger partial charge in [0, 0.05) is 10.8 Å². The highest BCUT2D eigenvalue weighted by molar-refractivity contribution is 8.14. The van der Waals surface area contributed by atoms with Crippen LogP contribution in [0.4, 0.5) is 0 Å². The van der Waals surface area contributed by atoms with Gasteiger partial charge in [0.25, 0.3) is 5.91 Å². The van der Waals surface area contributed by atoms with Crippen LogP contribution in [0.3, 0.4) is 0 Å². The average molecular weight is 288 g/mol. The molecule has 3 rings (SSSR count). The number of fused-ring (bicyclic) bond motifs is 1. The standard InChI is InChI=1S/C15H16N2O2S/c18-13(10-6-2-1-3-7-10)16-15-17-14(19)11-8-4-5-9-12(11)20-15/h1-3,6-7,11-12H,4-5,8-9H2,(H,16,17,18,19). The fourth-order valence-electron chi connectivity index (χ4n) is 2.70. The lowest BCUT2D eigenvalue weighted by molar-refractivity contribution is -0.124. The molecule has 4 nitrogen and oxygen atoms in total. The van der Waals surface area contributed by atoms with Gasteiger partial charge in [0.05, 0.1) is 5.92 Å². The molecular weight excluding hydrogens is 272 g/mol. The first-order valence-electron chi connectivity index (χ1n) is 6.89. The van der Waals surface area contributed by atoms with Crippen molar-refractivity contribution >= 4 is 28.7 Å². The van der Waals surface area contributed by atoms with E-state index in [9.17, 15) is 9.59 Å². The smallest absolute Gasteiger partial charge is 0.279 e. The number of aliphatic imine (C=N–C) groups is 1. The van der Waals surface area contributed by atoms with Gasteiger partial charge >= 0.3 is 0 Å². The van der Waals surface area contributed by atoms with Gasteiger partial charge < -0.3 is 5.32 Å². The van der Waals surface area contributed by atoms with Crippen molar-refractivity contribution in [2.45, 2.75) is 30.9 Å². The third-order valence-corrected chi connectivity index (χ3v) is 5.04. The summed E-state index contributed by atoms with van der Waals surface area (Å²) in [5, 5.41) is 3.50. The van der Waals surface area contributed by atoms with E-state index in [1.54, 1.807) is 24.3 Å². The summed E-state index contributed by atoms with van der Waals surface area (Å²) in [4.78, 5) is 28.1. The van der Waals surface area contributed by atoms with Crippen LogP contribution in [0, 0.1) is 5.92 Å². The van der Waals surface area contributed by atoms with Crippen molar-refractivity contribution in [1.82, 2.24) is 5.32 Å². The third-order valence-electron chi connectivity index (χ3n) is 3.76. The molecule has 1 heterocycles. The van der Waals surface area contributed by atoms with E-state index in [2.05, 4.69) is 10.3 Å². The summed E-state index contributed by atoms with van der Waals surface area (Å²) in [5.41, 5.74) is 0.542. The molecule has 1 aromatic carbocycles. The summed E-state index contributed by atoms with van der Waals surface area (Å²) in [6, 6.07) is 8.91. The molecule has 104 valence electrons. The second-order valence-corrected chi connectivity index (χ2v) is 6.35. The largest absolute Gasteiger partial charge is 0.305 e. The highest BCUT2D eigenvalue weighted by atomic mass is 32.2. The molecule has 1 aromatic rings. The Labute approximate surface area is 122 Å². The Balaban J connectivity index is 1.76. The number of nitrogens with one attached hydrogen (secondary N) is 1. The molecule has 0 bridgehead atoms. The van der Waals surface area contributed by atoms with Crippen molar-refractivity contribution in [2.24, 2.45) is 10.9 Å². The van der Waals surface area contributed by atoms with Gasteiger partial charge in [-0.1, -0.05) is 42.8 Å². The van der Waals surface area contributed by atoms with Crippen LogP contribution in [-0.4, -0.2) is 22.2 Å². The van der Waals surface area contributed by atoms with E-state index in [4.69, 9.17) is 0 Å². The molecule has 1 N–H and O–H groups in total. The molecule has 5 heteroatoms. The van der Waals surface area contributed by atoms with E-state index >= 15 is 0 Å². The summed E-state index contributed by atoms with van der Waals surface area (Å²) in [5.74, 6) is -0.199. The Bertz CT molecular complexity index is 556. The van der Waals surface area contributed by atoms with Gasteiger partial charge in [0.2, 0.25) is 5.91 Å². The lowest BCUT2D eigenvalue weighted by atomic mass is 9.88. The topological polar surface area (TPSA) is 58.5 Å². The molecule has 1 aliphatic carbocycles. The Morgan fingerprint density at radius 3 is 2.75 bits per heavy atom. The molecule has 2 aliphatic rings. The van der Waals surface area contributed by atoms with Crippen molar-refractivity contribution in [3.8, 4) is 0 Å². The number of thioether (sulfide) groups is 1. The summed E-state index contributed by atoms with van der Waals surface area (Å²) in [6.07, 6.45) is 4.25. The van der Waals surface area contributed by atoms with Crippen LogP contribution < -0.4 is 5.32 Å². The molecule has 0 radical (unpaired) electrons. The highest BCUT2D eigenvalue weighted by Gasteiger charge is 2.37. The van der Waals surface area contributed by atoms with Gasteiger partial charge in [-0.15, -0.1) is 0 Å². The Kier molecular flexibility index (Phi) is 3.87. The summed E-state index contributed by atoms with van der Waals surface area (Å²) in [7, 11) is 0. The number of carbonyl (C=O) groups excluding carboxylic acids is 2. The number of hydrogen-bond acceptors (Lipinski definition) is 3. The number of benzene rings is 1. The quantitative estimate of drug-likeness (QED) is 0.864. The maximum atomic E-state index is 12.0. The minimum absolute atomic E-state index is 0.0214. The minimum atomic E-state index is -0.303. The SMILES string of the molecule is O=C(N=C1NC(=O)C2CCCCC2S1)c1ccccc1. The number of carbonyl (C=O) groups is 2. The minimum Gasteiger partial charge on any atom is -0.305 e. The highest BCUT2D eigenvalue weighted by Crippen LogP contribution is 2.36. The molecular formula is C15H16N2O2S. The number of nitrogens with zero attached hydrogens (tertiary/aromatic N) is 1. The Morgan fingerprint density at radius 2 is 1.95 bits per heavy atom. The number of amides is 2. The van der Waals surface area contributed by atoms with Crippen LogP contribution in [0.25, 0.3) is 0 Å². The van der Waals surface area contributed by atoms with E-state index in [1.807, 2.05) is 6.07 Å². The van der Waals surface area contributed by atoms with Gasteiger partial charge in [-0.05, 0) is 25.0 Å². The maximum absolute atomic E-state index is 12.0. The predicted octanol–water partition coefficient (Wildman–Crippen LogP) is 2.60. The number of hydrogen-bond donors (Lipinski definition) is 1. The molecule has 20 heavy (non-hydrogen) atoms. The zero-order valence-corrected chi connectivity index (χ0v) is 11.9.